The first-order valence-corrected chi connectivity index (χ1v) is 7.70. The molecule has 5 heteroatoms. The van der Waals surface area contributed by atoms with Gasteiger partial charge >= 0.3 is 0 Å². The van der Waals surface area contributed by atoms with Gasteiger partial charge in [-0.2, -0.15) is 4.31 Å². The lowest BCUT2D eigenvalue weighted by atomic mass is 10.2. The lowest BCUT2D eigenvalue weighted by molar-refractivity contribution is 0.350. The highest BCUT2D eigenvalue weighted by Crippen LogP contribution is 2.17. The minimum absolute atomic E-state index is 0.242. The molecule has 1 aromatic rings. The summed E-state index contributed by atoms with van der Waals surface area (Å²) >= 11 is 0. The molecule has 0 aliphatic rings. The van der Waals surface area contributed by atoms with E-state index in [2.05, 4.69) is 11.8 Å². The van der Waals surface area contributed by atoms with Crippen molar-refractivity contribution in [1.29, 1.82) is 0 Å². The molecule has 0 radical (unpaired) electrons. The van der Waals surface area contributed by atoms with Gasteiger partial charge in [0.05, 0.1) is 4.90 Å². The van der Waals surface area contributed by atoms with Gasteiger partial charge in [-0.25, -0.2) is 8.42 Å². The summed E-state index contributed by atoms with van der Waals surface area (Å²) < 4.78 is 26.3. The number of hydrogen-bond donors (Lipinski definition) is 1. The van der Waals surface area contributed by atoms with E-state index in [1.165, 1.54) is 10.4 Å². The van der Waals surface area contributed by atoms with Crippen LogP contribution in [-0.4, -0.2) is 37.5 Å². The van der Waals surface area contributed by atoms with E-state index < -0.39 is 10.0 Å². The molecule has 0 atom stereocenters. The average molecular weight is 281 g/mol. The summed E-state index contributed by atoms with van der Waals surface area (Å²) in [5, 5.41) is 8.65. The molecule has 0 heterocycles. The van der Waals surface area contributed by atoms with Crippen molar-refractivity contribution in [1.82, 2.24) is 4.31 Å². The molecule has 1 rings (SSSR count). The molecule has 104 valence electrons. The van der Waals surface area contributed by atoms with Crippen molar-refractivity contribution in [2.75, 3.05) is 19.7 Å². The standard InChI is InChI=1S/C14H19NO3S/c1-3-10-15(4-2)19(17,18)14-9-5-7-13(12-14)8-6-11-16/h5,7,9,12,16H,3-4,10-11H2,1-2H3. The Morgan fingerprint density at radius 3 is 2.63 bits per heavy atom. The Morgan fingerprint density at radius 1 is 1.32 bits per heavy atom. The van der Waals surface area contributed by atoms with E-state index in [1.54, 1.807) is 18.2 Å². The fourth-order valence-electron chi connectivity index (χ4n) is 1.72. The van der Waals surface area contributed by atoms with Crippen molar-refractivity contribution in [2.24, 2.45) is 0 Å². The zero-order chi connectivity index (χ0) is 14.3. The van der Waals surface area contributed by atoms with Crippen LogP contribution in [0.25, 0.3) is 0 Å². The zero-order valence-electron chi connectivity index (χ0n) is 11.3. The number of aliphatic hydroxyl groups is 1. The van der Waals surface area contributed by atoms with Crippen LogP contribution in [0.1, 0.15) is 25.8 Å². The van der Waals surface area contributed by atoms with Gasteiger partial charge in [-0.15, -0.1) is 0 Å². The van der Waals surface area contributed by atoms with E-state index in [-0.39, 0.29) is 11.5 Å². The second kappa shape index (κ2) is 7.29. The van der Waals surface area contributed by atoms with Crippen LogP contribution < -0.4 is 0 Å². The fourth-order valence-corrected chi connectivity index (χ4v) is 3.31. The van der Waals surface area contributed by atoms with Crippen LogP contribution in [0.15, 0.2) is 29.2 Å². The van der Waals surface area contributed by atoms with Gasteiger partial charge in [0, 0.05) is 18.7 Å². The second-order valence-electron chi connectivity index (χ2n) is 3.98. The normalized spacial score (nSPS) is 11.2. The molecule has 0 fully saturated rings. The number of sulfonamides is 1. The summed E-state index contributed by atoms with van der Waals surface area (Å²) in [6.45, 7) is 4.48. The van der Waals surface area contributed by atoms with Crippen LogP contribution in [-0.2, 0) is 10.0 Å². The van der Waals surface area contributed by atoms with Crippen molar-refractivity contribution >= 4 is 10.0 Å². The predicted molar refractivity (Wildman–Crippen MR) is 75.1 cm³/mol. The molecule has 4 nitrogen and oxygen atoms in total. The summed E-state index contributed by atoms with van der Waals surface area (Å²) in [6, 6.07) is 6.49. The maximum Gasteiger partial charge on any atom is 0.243 e. The Hall–Kier alpha value is -1.35. The Bertz CT molecular complexity index is 570. The third-order valence-corrected chi connectivity index (χ3v) is 4.58. The van der Waals surface area contributed by atoms with Gasteiger partial charge < -0.3 is 5.11 Å². The molecule has 0 bridgehead atoms. The van der Waals surface area contributed by atoms with Gasteiger partial charge in [0.1, 0.15) is 6.61 Å². The van der Waals surface area contributed by atoms with Crippen LogP contribution in [0.4, 0.5) is 0 Å². The zero-order valence-corrected chi connectivity index (χ0v) is 12.1. The number of aliphatic hydroxyl groups excluding tert-OH is 1. The first-order valence-electron chi connectivity index (χ1n) is 6.26. The highest BCUT2D eigenvalue weighted by atomic mass is 32.2. The maximum atomic E-state index is 12.4. The van der Waals surface area contributed by atoms with Gasteiger partial charge in [0.25, 0.3) is 0 Å². The Labute approximate surface area is 115 Å². The predicted octanol–water partition coefficient (Wildman–Crippen LogP) is 1.45. The largest absolute Gasteiger partial charge is 0.384 e. The van der Waals surface area contributed by atoms with Crippen molar-refractivity contribution in [2.45, 2.75) is 25.2 Å². The quantitative estimate of drug-likeness (QED) is 0.831. The molecule has 0 aliphatic heterocycles. The molecule has 19 heavy (non-hydrogen) atoms. The molecule has 1 N–H and O–H groups in total. The summed E-state index contributed by atoms with van der Waals surface area (Å²) in [5.74, 6) is 5.22. The topological polar surface area (TPSA) is 57.6 Å². The van der Waals surface area contributed by atoms with Gasteiger partial charge in [-0.3, -0.25) is 0 Å². The molecule has 1 aromatic carbocycles. The van der Waals surface area contributed by atoms with E-state index in [1.807, 2.05) is 13.8 Å². The van der Waals surface area contributed by atoms with Crippen LogP contribution in [0, 0.1) is 11.8 Å². The summed E-state index contributed by atoms with van der Waals surface area (Å²) in [7, 11) is -3.46. The number of hydrogen-bond acceptors (Lipinski definition) is 3. The number of rotatable bonds is 5. The fraction of sp³-hybridized carbons (Fsp3) is 0.429. The third kappa shape index (κ3) is 4.06. The number of benzene rings is 1. The van der Waals surface area contributed by atoms with Crippen LogP contribution >= 0.6 is 0 Å². The van der Waals surface area contributed by atoms with E-state index in [4.69, 9.17) is 5.11 Å². The summed E-state index contributed by atoms with van der Waals surface area (Å²) in [4.78, 5) is 0.243. The maximum absolute atomic E-state index is 12.4. The minimum Gasteiger partial charge on any atom is -0.384 e. The number of nitrogens with zero attached hydrogens (tertiary/aromatic N) is 1. The second-order valence-corrected chi connectivity index (χ2v) is 5.92. The summed E-state index contributed by atoms with van der Waals surface area (Å²) in [5.41, 5.74) is 0.586. The molecular weight excluding hydrogens is 262 g/mol. The summed E-state index contributed by atoms with van der Waals surface area (Å²) in [6.07, 6.45) is 0.775. The van der Waals surface area contributed by atoms with Crippen molar-refractivity contribution in [3.63, 3.8) is 0 Å². The van der Waals surface area contributed by atoms with E-state index >= 15 is 0 Å². The van der Waals surface area contributed by atoms with Gasteiger partial charge in [0.15, 0.2) is 0 Å². The van der Waals surface area contributed by atoms with Crippen molar-refractivity contribution < 1.29 is 13.5 Å². The van der Waals surface area contributed by atoms with E-state index in [0.717, 1.165) is 6.42 Å². The molecule has 0 aliphatic carbocycles. The van der Waals surface area contributed by atoms with Crippen LogP contribution in [0.3, 0.4) is 0 Å². The lowest BCUT2D eigenvalue weighted by Gasteiger charge is -2.19. The molecule has 0 spiro atoms. The highest BCUT2D eigenvalue weighted by Gasteiger charge is 2.22. The van der Waals surface area contributed by atoms with E-state index in [0.29, 0.717) is 18.7 Å². The van der Waals surface area contributed by atoms with Crippen molar-refractivity contribution in [3.05, 3.63) is 29.8 Å². The molecule has 0 saturated carbocycles. The monoisotopic (exact) mass is 281 g/mol. The molecule has 0 unspecified atom stereocenters. The SMILES string of the molecule is CCCN(CC)S(=O)(=O)c1cccc(C#CCO)c1. The van der Waals surface area contributed by atoms with Crippen LogP contribution in [0.2, 0.25) is 0 Å². The van der Waals surface area contributed by atoms with Crippen LogP contribution in [0.5, 0.6) is 0 Å². The Kier molecular flexibility index (Phi) is 6.03. The molecule has 0 aromatic heterocycles. The first-order chi connectivity index (χ1) is 9.06. The Morgan fingerprint density at radius 2 is 2.05 bits per heavy atom. The Balaban J connectivity index is 3.14. The molecular formula is C14H19NO3S. The minimum atomic E-state index is -3.46. The first kappa shape index (κ1) is 15.7. The lowest BCUT2D eigenvalue weighted by Crippen LogP contribution is -2.31. The van der Waals surface area contributed by atoms with Gasteiger partial charge in [-0.1, -0.05) is 31.8 Å². The molecule has 0 saturated heterocycles. The van der Waals surface area contributed by atoms with Gasteiger partial charge in [0.2, 0.25) is 10.0 Å². The van der Waals surface area contributed by atoms with Gasteiger partial charge in [-0.05, 0) is 24.6 Å². The van der Waals surface area contributed by atoms with E-state index in [9.17, 15) is 8.42 Å². The smallest absolute Gasteiger partial charge is 0.243 e. The molecule has 0 amide bonds. The van der Waals surface area contributed by atoms with Crippen molar-refractivity contribution in [3.8, 4) is 11.8 Å². The highest BCUT2D eigenvalue weighted by molar-refractivity contribution is 7.89. The average Bonchev–Trinajstić information content (AvgIpc) is 2.42. The third-order valence-electron chi connectivity index (χ3n) is 2.61.